The molecule has 126 valence electrons. The molecule has 0 radical (unpaired) electrons. The number of likely N-dealkylation sites (N-methyl/N-ethyl adjacent to an activating group) is 1. The van der Waals surface area contributed by atoms with E-state index >= 15 is 0 Å². The van der Waals surface area contributed by atoms with Gasteiger partial charge >= 0.3 is 12.1 Å². The van der Waals surface area contributed by atoms with Crippen molar-refractivity contribution in [3.8, 4) is 11.1 Å². The summed E-state index contributed by atoms with van der Waals surface area (Å²) >= 11 is 0. The Morgan fingerprint density at radius 2 is 2.08 bits per heavy atom. The van der Waals surface area contributed by atoms with Crippen molar-refractivity contribution in [3.63, 3.8) is 0 Å². The highest BCUT2D eigenvalue weighted by Crippen LogP contribution is 2.43. The molecule has 3 rings (SSSR count). The average molecular weight is 337 g/mol. The van der Waals surface area contributed by atoms with Gasteiger partial charge < -0.3 is 15.3 Å². The summed E-state index contributed by atoms with van der Waals surface area (Å²) in [4.78, 5) is 16.4. The van der Waals surface area contributed by atoms with Crippen LogP contribution in [0.15, 0.2) is 30.5 Å². The molecule has 0 amide bonds. The molecule has 0 unspecified atom stereocenters. The Bertz CT molecular complexity index is 788. The molecule has 0 aliphatic carbocycles. The zero-order chi connectivity index (χ0) is 17.5. The van der Waals surface area contributed by atoms with Gasteiger partial charge in [0, 0.05) is 31.9 Å². The molecular weight excluding hydrogens is 323 g/mol. The van der Waals surface area contributed by atoms with Crippen molar-refractivity contribution < 1.29 is 23.1 Å². The summed E-state index contributed by atoms with van der Waals surface area (Å²) in [5, 5.41) is 11.8. The minimum atomic E-state index is -4.53. The molecule has 0 saturated heterocycles. The number of pyridine rings is 1. The van der Waals surface area contributed by atoms with Crippen molar-refractivity contribution in [1.82, 2.24) is 4.98 Å². The lowest BCUT2D eigenvalue weighted by Crippen LogP contribution is -2.30. The normalized spacial score (nSPS) is 14.1. The van der Waals surface area contributed by atoms with Crippen LogP contribution >= 0.6 is 0 Å². The fraction of sp³-hybridized carbons (Fsp3) is 0.250. The van der Waals surface area contributed by atoms with Crippen LogP contribution in [0.2, 0.25) is 0 Å². The summed E-state index contributed by atoms with van der Waals surface area (Å²) in [6, 6.07) is 5.08. The number of anilines is 2. The Kier molecular flexibility index (Phi) is 3.82. The van der Waals surface area contributed by atoms with Crippen LogP contribution in [0.3, 0.4) is 0 Å². The van der Waals surface area contributed by atoms with Gasteiger partial charge in [-0.3, -0.25) is 0 Å². The van der Waals surface area contributed by atoms with E-state index in [1.54, 1.807) is 0 Å². The van der Waals surface area contributed by atoms with Gasteiger partial charge in [0.25, 0.3) is 0 Å². The third kappa shape index (κ3) is 2.86. The van der Waals surface area contributed by atoms with Crippen LogP contribution in [0.25, 0.3) is 11.1 Å². The number of nitrogens with one attached hydrogen (secondary N) is 1. The van der Waals surface area contributed by atoms with Crippen LogP contribution < -0.4 is 10.2 Å². The Hall–Kier alpha value is -2.77. The third-order valence-corrected chi connectivity index (χ3v) is 3.91. The maximum Gasteiger partial charge on any atom is 0.417 e. The number of carbonyl (C=O) groups is 1. The van der Waals surface area contributed by atoms with Crippen molar-refractivity contribution >= 4 is 17.3 Å². The predicted molar refractivity (Wildman–Crippen MR) is 83.4 cm³/mol. The number of hydrogen-bond acceptors (Lipinski definition) is 4. The van der Waals surface area contributed by atoms with Gasteiger partial charge in [-0.05, 0) is 23.8 Å². The highest BCUT2D eigenvalue weighted by Gasteiger charge is 2.35. The molecule has 1 aromatic heterocycles. The van der Waals surface area contributed by atoms with Gasteiger partial charge in [0.1, 0.15) is 5.69 Å². The van der Waals surface area contributed by atoms with Gasteiger partial charge in [0.2, 0.25) is 0 Å². The minimum Gasteiger partial charge on any atom is -0.477 e. The van der Waals surface area contributed by atoms with Crippen LogP contribution in [0.5, 0.6) is 0 Å². The van der Waals surface area contributed by atoms with Crippen LogP contribution in [-0.2, 0) is 6.18 Å². The number of alkyl halides is 3. The summed E-state index contributed by atoms with van der Waals surface area (Å²) in [6.07, 6.45) is -3.38. The maximum absolute atomic E-state index is 13.5. The summed E-state index contributed by atoms with van der Waals surface area (Å²) in [5.74, 6) is -1.23. The van der Waals surface area contributed by atoms with E-state index in [0.29, 0.717) is 24.5 Å². The number of hydrogen-bond donors (Lipinski definition) is 2. The number of aromatic nitrogens is 1. The third-order valence-electron chi connectivity index (χ3n) is 3.91. The van der Waals surface area contributed by atoms with Gasteiger partial charge in [0.05, 0.1) is 16.9 Å². The van der Waals surface area contributed by atoms with E-state index in [9.17, 15) is 18.0 Å². The van der Waals surface area contributed by atoms with Crippen LogP contribution in [-0.4, -0.2) is 36.2 Å². The predicted octanol–water partition coefficient (Wildman–Crippen LogP) is 3.33. The van der Waals surface area contributed by atoms with Crippen molar-refractivity contribution in [2.75, 3.05) is 30.4 Å². The topological polar surface area (TPSA) is 65.5 Å². The number of fused-ring (bicyclic) bond motifs is 1. The van der Waals surface area contributed by atoms with E-state index in [0.717, 1.165) is 12.3 Å². The monoisotopic (exact) mass is 337 g/mol. The first-order valence-corrected chi connectivity index (χ1v) is 7.17. The molecule has 24 heavy (non-hydrogen) atoms. The van der Waals surface area contributed by atoms with E-state index in [-0.39, 0.29) is 16.8 Å². The van der Waals surface area contributed by atoms with E-state index < -0.39 is 17.7 Å². The van der Waals surface area contributed by atoms with Crippen LogP contribution in [0, 0.1) is 0 Å². The highest BCUT2D eigenvalue weighted by molar-refractivity contribution is 5.86. The molecule has 1 aliphatic rings. The molecule has 2 aromatic rings. The standard InChI is InChI=1S/C16H14F3N3O2/c1-22-5-4-20-13-7-11(16(17,18)19)10(6-14(13)22)9-2-3-12(15(23)24)21-8-9/h2-3,6-8,20H,4-5H2,1H3,(H,23,24). The first-order valence-electron chi connectivity index (χ1n) is 7.17. The molecule has 0 spiro atoms. The van der Waals surface area contributed by atoms with Crippen LogP contribution in [0.4, 0.5) is 24.5 Å². The number of carboxylic acids is 1. The Morgan fingerprint density at radius 1 is 1.33 bits per heavy atom. The van der Waals surface area contributed by atoms with Crippen molar-refractivity contribution in [3.05, 3.63) is 41.7 Å². The number of carboxylic acid groups (broad SMARTS) is 1. The quantitative estimate of drug-likeness (QED) is 0.880. The molecule has 0 fully saturated rings. The lowest BCUT2D eigenvalue weighted by molar-refractivity contribution is -0.137. The summed E-state index contributed by atoms with van der Waals surface area (Å²) in [7, 11) is 1.81. The molecule has 1 aliphatic heterocycles. The zero-order valence-electron chi connectivity index (χ0n) is 12.7. The number of nitrogens with zero attached hydrogens (tertiary/aromatic N) is 2. The van der Waals surface area contributed by atoms with Crippen LogP contribution in [0.1, 0.15) is 16.1 Å². The van der Waals surface area contributed by atoms with E-state index in [1.807, 2.05) is 11.9 Å². The minimum absolute atomic E-state index is 0.0266. The van der Waals surface area contributed by atoms with E-state index in [4.69, 9.17) is 5.11 Å². The first-order chi connectivity index (χ1) is 11.3. The molecule has 2 heterocycles. The van der Waals surface area contributed by atoms with Crippen molar-refractivity contribution in [1.29, 1.82) is 0 Å². The molecule has 1 aromatic carbocycles. The lowest BCUT2D eigenvalue weighted by atomic mass is 9.97. The number of halogens is 3. The fourth-order valence-corrected chi connectivity index (χ4v) is 2.68. The molecule has 0 saturated carbocycles. The zero-order valence-corrected chi connectivity index (χ0v) is 12.7. The molecule has 2 N–H and O–H groups in total. The molecular formula is C16H14F3N3O2. The summed E-state index contributed by atoms with van der Waals surface area (Å²) in [5.41, 5.74) is 0.273. The number of benzene rings is 1. The van der Waals surface area contributed by atoms with Gasteiger partial charge in [-0.25, -0.2) is 9.78 Å². The number of rotatable bonds is 2. The second-order valence-corrected chi connectivity index (χ2v) is 5.50. The van der Waals surface area contributed by atoms with Crippen molar-refractivity contribution in [2.24, 2.45) is 0 Å². The molecule has 0 atom stereocenters. The smallest absolute Gasteiger partial charge is 0.417 e. The Morgan fingerprint density at radius 3 is 2.67 bits per heavy atom. The maximum atomic E-state index is 13.5. The second kappa shape index (κ2) is 5.70. The molecule has 8 heteroatoms. The second-order valence-electron chi connectivity index (χ2n) is 5.50. The van der Waals surface area contributed by atoms with Gasteiger partial charge in [-0.1, -0.05) is 6.07 Å². The largest absolute Gasteiger partial charge is 0.477 e. The molecule has 5 nitrogen and oxygen atoms in total. The van der Waals surface area contributed by atoms with Gasteiger partial charge in [-0.2, -0.15) is 13.2 Å². The van der Waals surface area contributed by atoms with Gasteiger partial charge in [-0.15, -0.1) is 0 Å². The Balaban J connectivity index is 2.17. The average Bonchev–Trinajstić information content (AvgIpc) is 2.53. The van der Waals surface area contributed by atoms with Gasteiger partial charge in [0.15, 0.2) is 0 Å². The molecule has 0 bridgehead atoms. The highest BCUT2D eigenvalue weighted by atomic mass is 19.4. The Labute approximate surface area is 135 Å². The van der Waals surface area contributed by atoms with E-state index in [1.165, 1.54) is 18.2 Å². The summed E-state index contributed by atoms with van der Waals surface area (Å²) < 4.78 is 40.4. The lowest BCUT2D eigenvalue weighted by Gasteiger charge is -2.30. The fourth-order valence-electron chi connectivity index (χ4n) is 2.68. The first kappa shape index (κ1) is 16.1. The van der Waals surface area contributed by atoms with Crippen molar-refractivity contribution in [2.45, 2.75) is 6.18 Å². The number of aromatic carboxylic acids is 1. The summed E-state index contributed by atoms with van der Waals surface area (Å²) in [6.45, 7) is 1.24. The van der Waals surface area contributed by atoms with E-state index in [2.05, 4.69) is 10.3 Å². The SMILES string of the molecule is CN1CCNc2cc(C(F)(F)F)c(-c3ccc(C(=O)O)nc3)cc21.